The molecule has 0 saturated heterocycles. The van der Waals surface area contributed by atoms with Gasteiger partial charge in [-0.15, -0.1) is 0 Å². The predicted octanol–water partition coefficient (Wildman–Crippen LogP) is 4.02. The Kier molecular flexibility index (Phi) is 6.15. The van der Waals surface area contributed by atoms with Gasteiger partial charge in [0.25, 0.3) is 0 Å². The fourth-order valence-electron chi connectivity index (χ4n) is 4.42. The third-order valence-electron chi connectivity index (χ3n) is 6.45. The van der Waals surface area contributed by atoms with Crippen LogP contribution in [-0.2, 0) is 17.7 Å². The average Bonchev–Trinajstić information content (AvgIpc) is 3.56. The smallest absolute Gasteiger partial charge is 0.341 e. The summed E-state index contributed by atoms with van der Waals surface area (Å²) in [4.78, 5) is 25.5. The zero-order chi connectivity index (χ0) is 24.5. The minimum absolute atomic E-state index is 0.315. The molecule has 4 heterocycles. The Morgan fingerprint density at radius 2 is 1.89 bits per heavy atom. The third-order valence-corrected chi connectivity index (χ3v) is 6.45. The van der Waals surface area contributed by atoms with Gasteiger partial charge in [0.1, 0.15) is 11.9 Å². The fraction of sp³-hybridized carbons (Fsp3) is 0.385. The number of aryl methyl sites for hydroxylation is 1. The molecule has 0 atom stereocenters. The molecule has 35 heavy (non-hydrogen) atoms. The van der Waals surface area contributed by atoms with Gasteiger partial charge in [0.2, 0.25) is 0 Å². The van der Waals surface area contributed by atoms with E-state index in [-0.39, 0.29) is 5.97 Å². The van der Waals surface area contributed by atoms with E-state index in [0.717, 1.165) is 34.8 Å². The summed E-state index contributed by atoms with van der Waals surface area (Å²) in [5.74, 6) is 0.938. The quantitative estimate of drug-likeness (QED) is 0.358. The highest BCUT2D eigenvalue weighted by Crippen LogP contribution is 2.33. The molecule has 0 radical (unpaired) electrons. The number of hydrogen-bond donors (Lipinski definition) is 0. The van der Waals surface area contributed by atoms with E-state index >= 15 is 0 Å². The van der Waals surface area contributed by atoms with Crippen LogP contribution in [0.25, 0.3) is 17.1 Å². The first-order valence-corrected chi connectivity index (χ1v) is 12.0. The maximum absolute atomic E-state index is 12.4. The minimum Gasteiger partial charge on any atom is -0.462 e. The van der Waals surface area contributed by atoms with Crippen molar-refractivity contribution in [2.45, 2.75) is 53.5 Å². The van der Waals surface area contributed by atoms with Gasteiger partial charge < -0.3 is 4.74 Å². The highest BCUT2D eigenvalue weighted by Gasteiger charge is 2.26. The highest BCUT2D eigenvalue weighted by atomic mass is 16.5. The Balaban J connectivity index is 1.49. The molecule has 1 aliphatic rings. The first-order valence-electron chi connectivity index (χ1n) is 12.0. The Morgan fingerprint density at radius 3 is 2.60 bits per heavy atom. The van der Waals surface area contributed by atoms with E-state index in [0.29, 0.717) is 41.7 Å². The number of nitrogens with zero attached hydrogens (tertiary/aromatic N) is 7. The third kappa shape index (κ3) is 4.58. The van der Waals surface area contributed by atoms with Crippen LogP contribution >= 0.6 is 0 Å². The average molecular weight is 472 g/mol. The molecule has 0 aliphatic heterocycles. The zero-order valence-electron chi connectivity index (χ0n) is 20.5. The molecular formula is C26H29N7O2. The van der Waals surface area contributed by atoms with Crippen molar-refractivity contribution in [2.24, 2.45) is 5.92 Å². The van der Waals surface area contributed by atoms with Crippen LogP contribution in [0.2, 0.25) is 0 Å². The standard InChI is InChI=1S/C26H29N7O2/c1-5-35-26(34)24-17(3)30-33(18(24)4)23-13-21(28-15-29-23)12-22-16(2)25(20-8-10-27-11-9-20)31-32(22)14-19-6-7-19/h8-11,13,15,19H,5-7,12,14H2,1-4H3. The molecule has 5 rings (SSSR count). The lowest BCUT2D eigenvalue weighted by atomic mass is 10.1. The molecule has 0 N–H and O–H groups in total. The SMILES string of the molecule is CCOC(=O)c1c(C)nn(-c2cc(Cc3c(C)c(-c4ccncc4)nn3CC3CC3)ncn2)c1C. The Bertz CT molecular complexity index is 1370. The van der Waals surface area contributed by atoms with E-state index in [1.54, 1.807) is 37.3 Å². The van der Waals surface area contributed by atoms with Gasteiger partial charge in [0, 0.05) is 42.7 Å². The largest absolute Gasteiger partial charge is 0.462 e. The van der Waals surface area contributed by atoms with Crippen LogP contribution in [-0.4, -0.2) is 47.1 Å². The summed E-state index contributed by atoms with van der Waals surface area (Å²) in [7, 11) is 0. The number of carbonyl (C=O) groups is 1. The normalized spacial score (nSPS) is 13.3. The Morgan fingerprint density at radius 1 is 1.11 bits per heavy atom. The van der Waals surface area contributed by atoms with Crippen LogP contribution in [0.3, 0.4) is 0 Å². The lowest BCUT2D eigenvalue weighted by Crippen LogP contribution is -2.10. The molecule has 0 bridgehead atoms. The van der Waals surface area contributed by atoms with Crippen LogP contribution in [0.15, 0.2) is 36.9 Å². The molecule has 9 nitrogen and oxygen atoms in total. The van der Waals surface area contributed by atoms with Crippen LogP contribution in [0.5, 0.6) is 0 Å². The number of ether oxygens (including phenoxy) is 1. The molecule has 4 aromatic heterocycles. The van der Waals surface area contributed by atoms with Gasteiger partial charge in [0.05, 0.1) is 29.4 Å². The maximum atomic E-state index is 12.4. The fourth-order valence-corrected chi connectivity index (χ4v) is 4.42. The van der Waals surface area contributed by atoms with E-state index in [1.807, 2.05) is 25.1 Å². The van der Waals surface area contributed by atoms with Gasteiger partial charge in [-0.3, -0.25) is 9.67 Å². The molecular weight excluding hydrogens is 442 g/mol. The van der Waals surface area contributed by atoms with Crippen LogP contribution < -0.4 is 0 Å². The van der Waals surface area contributed by atoms with Crippen LogP contribution in [0.4, 0.5) is 0 Å². The second-order valence-corrected chi connectivity index (χ2v) is 9.00. The Labute approximate surface area is 204 Å². The summed E-state index contributed by atoms with van der Waals surface area (Å²) in [6.07, 6.45) is 8.26. The number of carbonyl (C=O) groups excluding carboxylic acids is 1. The summed E-state index contributed by atoms with van der Waals surface area (Å²) in [5.41, 5.74) is 6.98. The van der Waals surface area contributed by atoms with E-state index < -0.39 is 0 Å². The lowest BCUT2D eigenvalue weighted by Gasteiger charge is -2.09. The molecule has 0 aromatic carbocycles. The number of rotatable bonds is 8. The maximum Gasteiger partial charge on any atom is 0.341 e. The molecule has 1 fully saturated rings. The van der Waals surface area contributed by atoms with E-state index in [4.69, 9.17) is 9.84 Å². The molecule has 180 valence electrons. The number of aromatic nitrogens is 7. The number of pyridine rings is 1. The summed E-state index contributed by atoms with van der Waals surface area (Å²) in [6.45, 7) is 8.80. The molecule has 0 amide bonds. The van der Waals surface area contributed by atoms with Gasteiger partial charge in [0.15, 0.2) is 5.82 Å². The van der Waals surface area contributed by atoms with Crippen molar-refractivity contribution in [3.63, 3.8) is 0 Å². The first kappa shape index (κ1) is 22.9. The number of hydrogen-bond acceptors (Lipinski definition) is 7. The predicted molar refractivity (Wildman–Crippen MR) is 130 cm³/mol. The lowest BCUT2D eigenvalue weighted by molar-refractivity contribution is 0.0524. The van der Waals surface area contributed by atoms with Gasteiger partial charge in [-0.05, 0) is 64.2 Å². The summed E-state index contributed by atoms with van der Waals surface area (Å²) in [5, 5.41) is 9.54. The summed E-state index contributed by atoms with van der Waals surface area (Å²) >= 11 is 0. The molecule has 1 aliphatic carbocycles. The molecule has 0 unspecified atom stereocenters. The summed E-state index contributed by atoms with van der Waals surface area (Å²) in [6, 6.07) is 5.91. The van der Waals surface area contributed by atoms with Gasteiger partial charge in [-0.25, -0.2) is 19.4 Å². The van der Waals surface area contributed by atoms with Gasteiger partial charge in [-0.2, -0.15) is 10.2 Å². The van der Waals surface area contributed by atoms with E-state index in [9.17, 15) is 4.79 Å². The van der Waals surface area contributed by atoms with Crippen molar-refractivity contribution >= 4 is 5.97 Å². The first-order chi connectivity index (χ1) is 17.0. The molecule has 4 aromatic rings. The van der Waals surface area contributed by atoms with Crippen molar-refractivity contribution < 1.29 is 9.53 Å². The van der Waals surface area contributed by atoms with Gasteiger partial charge in [-0.1, -0.05) is 0 Å². The van der Waals surface area contributed by atoms with Crippen LogP contribution in [0.1, 0.15) is 58.5 Å². The molecule has 0 spiro atoms. The second kappa shape index (κ2) is 9.40. The monoisotopic (exact) mass is 471 g/mol. The van der Waals surface area contributed by atoms with Crippen molar-refractivity contribution in [1.82, 2.24) is 34.5 Å². The molecule has 9 heteroatoms. The van der Waals surface area contributed by atoms with Crippen LogP contribution in [0, 0.1) is 26.7 Å². The van der Waals surface area contributed by atoms with Crippen molar-refractivity contribution in [2.75, 3.05) is 6.61 Å². The van der Waals surface area contributed by atoms with E-state index in [2.05, 4.69) is 31.7 Å². The van der Waals surface area contributed by atoms with Crippen molar-refractivity contribution in [3.8, 4) is 17.1 Å². The topological polar surface area (TPSA) is 101 Å². The Hall–Kier alpha value is -3.88. The summed E-state index contributed by atoms with van der Waals surface area (Å²) < 4.78 is 9.03. The van der Waals surface area contributed by atoms with Crippen molar-refractivity contribution in [3.05, 3.63) is 70.8 Å². The van der Waals surface area contributed by atoms with Crippen molar-refractivity contribution in [1.29, 1.82) is 0 Å². The highest BCUT2D eigenvalue weighted by molar-refractivity contribution is 5.92. The number of esters is 1. The minimum atomic E-state index is -0.369. The van der Waals surface area contributed by atoms with Gasteiger partial charge >= 0.3 is 5.97 Å². The zero-order valence-corrected chi connectivity index (χ0v) is 20.5. The second-order valence-electron chi connectivity index (χ2n) is 9.00. The van der Waals surface area contributed by atoms with E-state index in [1.165, 1.54) is 12.8 Å². The molecule has 1 saturated carbocycles.